The number of amides is 1. The lowest BCUT2D eigenvalue weighted by atomic mass is 10.0. The number of hydrogen-bond donors (Lipinski definition) is 1. The van der Waals surface area contributed by atoms with Crippen molar-refractivity contribution in [2.75, 3.05) is 13.1 Å². The monoisotopic (exact) mass is 225 g/mol. The van der Waals surface area contributed by atoms with Crippen molar-refractivity contribution in [1.82, 2.24) is 4.90 Å². The smallest absolute Gasteiger partial charge is 0.323 e. The average Bonchev–Trinajstić information content (AvgIpc) is 2.69. The van der Waals surface area contributed by atoms with Gasteiger partial charge in [-0.05, 0) is 25.2 Å². The molecule has 4 nitrogen and oxygen atoms in total. The van der Waals surface area contributed by atoms with Crippen molar-refractivity contribution in [2.45, 2.75) is 32.6 Å². The largest absolute Gasteiger partial charge is 0.480 e. The summed E-state index contributed by atoms with van der Waals surface area (Å²) in [5.74, 6) is -0.676. The maximum Gasteiger partial charge on any atom is 0.323 e. The highest BCUT2D eigenvalue weighted by Gasteiger charge is 2.20. The second kappa shape index (κ2) is 6.30. The molecule has 1 atom stereocenters. The molecular weight excluding hydrogens is 206 g/mol. The van der Waals surface area contributed by atoms with Crippen LogP contribution in [0.2, 0.25) is 0 Å². The van der Waals surface area contributed by atoms with Crippen molar-refractivity contribution < 1.29 is 14.7 Å². The van der Waals surface area contributed by atoms with Gasteiger partial charge in [0, 0.05) is 13.0 Å². The predicted molar refractivity (Wildman–Crippen MR) is 61.0 cm³/mol. The summed E-state index contributed by atoms with van der Waals surface area (Å²) in [7, 11) is 0. The molecule has 0 saturated carbocycles. The van der Waals surface area contributed by atoms with Crippen molar-refractivity contribution in [3.05, 3.63) is 12.2 Å². The number of aliphatic carboxylic acids is 1. The topological polar surface area (TPSA) is 57.6 Å². The van der Waals surface area contributed by atoms with Gasteiger partial charge in [-0.3, -0.25) is 9.59 Å². The molecule has 0 saturated heterocycles. The van der Waals surface area contributed by atoms with Gasteiger partial charge in [-0.15, -0.1) is 0 Å². The Bertz CT molecular complexity index is 286. The molecular formula is C12H19NO3. The van der Waals surface area contributed by atoms with Gasteiger partial charge in [0.25, 0.3) is 0 Å². The lowest BCUT2D eigenvalue weighted by Gasteiger charge is -2.21. The first-order valence-corrected chi connectivity index (χ1v) is 5.79. The molecule has 0 fully saturated rings. The molecule has 0 aromatic heterocycles. The third-order valence-electron chi connectivity index (χ3n) is 2.72. The molecule has 0 heterocycles. The quantitative estimate of drug-likeness (QED) is 0.699. The van der Waals surface area contributed by atoms with E-state index in [1.54, 1.807) is 0 Å². The van der Waals surface area contributed by atoms with Gasteiger partial charge in [0.2, 0.25) is 5.91 Å². The summed E-state index contributed by atoms with van der Waals surface area (Å²) in [6.07, 6.45) is 7.43. The fourth-order valence-electron chi connectivity index (χ4n) is 1.94. The number of carbonyl (C=O) groups excluding carboxylic acids is 1. The number of nitrogens with zero attached hydrogens (tertiary/aromatic N) is 1. The summed E-state index contributed by atoms with van der Waals surface area (Å²) in [5, 5.41) is 8.71. The zero-order chi connectivity index (χ0) is 12.0. The van der Waals surface area contributed by atoms with Gasteiger partial charge in [0.05, 0.1) is 0 Å². The lowest BCUT2D eigenvalue weighted by molar-refractivity contribution is -0.144. The Balaban J connectivity index is 2.45. The minimum Gasteiger partial charge on any atom is -0.480 e. The molecule has 0 spiro atoms. The summed E-state index contributed by atoms with van der Waals surface area (Å²) in [6.45, 7) is 2.29. The van der Waals surface area contributed by atoms with E-state index in [0.717, 1.165) is 19.3 Å². The van der Waals surface area contributed by atoms with Crippen LogP contribution in [0.15, 0.2) is 12.2 Å². The van der Waals surface area contributed by atoms with Crippen LogP contribution in [0.25, 0.3) is 0 Å². The van der Waals surface area contributed by atoms with Gasteiger partial charge in [-0.1, -0.05) is 19.1 Å². The van der Waals surface area contributed by atoms with E-state index in [9.17, 15) is 9.59 Å². The Morgan fingerprint density at radius 2 is 2.25 bits per heavy atom. The Hall–Kier alpha value is -1.32. The van der Waals surface area contributed by atoms with Gasteiger partial charge in [0.1, 0.15) is 6.54 Å². The molecule has 0 radical (unpaired) electrons. The van der Waals surface area contributed by atoms with Crippen molar-refractivity contribution in [2.24, 2.45) is 5.92 Å². The van der Waals surface area contributed by atoms with Crippen LogP contribution in [0, 0.1) is 5.92 Å². The first-order valence-electron chi connectivity index (χ1n) is 5.79. The molecule has 4 heteroatoms. The molecule has 1 rings (SSSR count). The van der Waals surface area contributed by atoms with Crippen LogP contribution in [0.5, 0.6) is 0 Å². The Morgan fingerprint density at radius 3 is 2.75 bits per heavy atom. The van der Waals surface area contributed by atoms with Gasteiger partial charge in [-0.2, -0.15) is 0 Å². The maximum atomic E-state index is 11.9. The second-order valence-electron chi connectivity index (χ2n) is 4.18. The molecule has 0 aliphatic heterocycles. The van der Waals surface area contributed by atoms with Crippen molar-refractivity contribution >= 4 is 11.9 Å². The van der Waals surface area contributed by atoms with E-state index in [0.29, 0.717) is 18.9 Å². The van der Waals surface area contributed by atoms with E-state index in [2.05, 4.69) is 12.2 Å². The molecule has 0 bridgehead atoms. The minimum absolute atomic E-state index is 0.0409. The van der Waals surface area contributed by atoms with Crippen LogP contribution in [-0.4, -0.2) is 35.0 Å². The van der Waals surface area contributed by atoms with Crippen LogP contribution >= 0.6 is 0 Å². The molecule has 90 valence electrons. The highest BCUT2D eigenvalue weighted by molar-refractivity contribution is 5.81. The molecule has 1 aliphatic rings. The molecule has 16 heavy (non-hydrogen) atoms. The number of carboxylic acid groups (broad SMARTS) is 1. The van der Waals surface area contributed by atoms with Crippen LogP contribution < -0.4 is 0 Å². The van der Waals surface area contributed by atoms with Gasteiger partial charge in [-0.25, -0.2) is 0 Å². The van der Waals surface area contributed by atoms with Gasteiger partial charge >= 0.3 is 5.97 Å². The van der Waals surface area contributed by atoms with E-state index in [4.69, 9.17) is 5.11 Å². The second-order valence-corrected chi connectivity index (χ2v) is 4.18. The Kier molecular flexibility index (Phi) is 5.02. The van der Waals surface area contributed by atoms with E-state index in [1.807, 2.05) is 6.92 Å². The van der Waals surface area contributed by atoms with Crippen LogP contribution in [0.1, 0.15) is 32.6 Å². The zero-order valence-corrected chi connectivity index (χ0v) is 9.69. The summed E-state index contributed by atoms with van der Waals surface area (Å²) < 4.78 is 0. The standard InChI is InChI=1S/C12H19NO3/c1-2-7-13(9-12(15)16)11(14)8-10-5-3-4-6-10/h3,5,10H,2,4,6-9H2,1H3,(H,15,16). The molecule has 1 unspecified atom stereocenters. The van der Waals surface area contributed by atoms with Crippen LogP contribution in [0.4, 0.5) is 0 Å². The third-order valence-corrected chi connectivity index (χ3v) is 2.72. The average molecular weight is 225 g/mol. The van der Waals surface area contributed by atoms with Gasteiger partial charge < -0.3 is 10.0 Å². The summed E-state index contributed by atoms with van der Waals surface area (Å²) >= 11 is 0. The van der Waals surface area contributed by atoms with Crippen molar-refractivity contribution in [1.29, 1.82) is 0 Å². The highest BCUT2D eigenvalue weighted by Crippen LogP contribution is 2.21. The third kappa shape index (κ3) is 4.04. The fraction of sp³-hybridized carbons (Fsp3) is 0.667. The molecule has 1 amide bonds. The summed E-state index contributed by atoms with van der Waals surface area (Å²) in [4.78, 5) is 23.9. The highest BCUT2D eigenvalue weighted by atomic mass is 16.4. The van der Waals surface area contributed by atoms with E-state index in [-0.39, 0.29) is 12.5 Å². The van der Waals surface area contributed by atoms with Crippen LogP contribution in [-0.2, 0) is 9.59 Å². The minimum atomic E-state index is -0.941. The fourth-order valence-corrected chi connectivity index (χ4v) is 1.94. The van der Waals surface area contributed by atoms with E-state index < -0.39 is 5.97 Å². The normalized spacial score (nSPS) is 18.7. The predicted octanol–water partition coefficient (Wildman–Crippen LogP) is 1.67. The molecule has 0 aromatic carbocycles. The SMILES string of the molecule is CCCN(CC(=O)O)C(=O)CC1C=CCC1. The number of rotatable bonds is 6. The molecule has 0 aromatic rings. The van der Waals surface area contributed by atoms with Gasteiger partial charge in [0.15, 0.2) is 0 Å². The number of carboxylic acids is 1. The van der Waals surface area contributed by atoms with E-state index in [1.165, 1.54) is 4.90 Å². The zero-order valence-electron chi connectivity index (χ0n) is 9.69. The van der Waals surface area contributed by atoms with E-state index >= 15 is 0 Å². The number of allylic oxidation sites excluding steroid dienone is 2. The molecule has 1 N–H and O–H groups in total. The van der Waals surface area contributed by atoms with Crippen molar-refractivity contribution in [3.63, 3.8) is 0 Å². The first kappa shape index (κ1) is 12.7. The maximum absolute atomic E-state index is 11.9. The number of hydrogen-bond acceptors (Lipinski definition) is 2. The Labute approximate surface area is 95.9 Å². The lowest BCUT2D eigenvalue weighted by Crippen LogP contribution is -2.36. The first-order chi connectivity index (χ1) is 7.63. The van der Waals surface area contributed by atoms with Crippen LogP contribution in [0.3, 0.4) is 0 Å². The number of carbonyl (C=O) groups is 2. The molecule has 1 aliphatic carbocycles. The van der Waals surface area contributed by atoms with Crippen molar-refractivity contribution in [3.8, 4) is 0 Å². The summed E-state index contributed by atoms with van der Waals surface area (Å²) in [6, 6.07) is 0. The Morgan fingerprint density at radius 1 is 1.50 bits per heavy atom. The summed E-state index contributed by atoms with van der Waals surface area (Å²) in [5.41, 5.74) is 0.